The van der Waals surface area contributed by atoms with Crippen molar-refractivity contribution < 1.29 is 0 Å². The molecule has 0 saturated carbocycles. The van der Waals surface area contributed by atoms with Crippen molar-refractivity contribution in [2.45, 2.75) is 26.3 Å². The van der Waals surface area contributed by atoms with E-state index in [1.54, 1.807) is 17.5 Å². The maximum atomic E-state index is 5.85. The minimum atomic E-state index is 0.609. The summed E-state index contributed by atoms with van der Waals surface area (Å²) in [6.07, 6.45) is 2.99. The van der Waals surface area contributed by atoms with E-state index in [1.807, 2.05) is 0 Å². The molecule has 1 aromatic heterocycles. The highest BCUT2D eigenvalue weighted by Crippen LogP contribution is 2.33. The summed E-state index contributed by atoms with van der Waals surface area (Å²) in [6, 6.07) is 0.609. The smallest absolute Gasteiger partial charge is 0.186 e. The molecule has 0 aliphatic carbocycles. The van der Waals surface area contributed by atoms with Gasteiger partial charge in [0.05, 0.1) is 6.20 Å². The summed E-state index contributed by atoms with van der Waals surface area (Å²) in [5.74, 6) is 0.776. The Morgan fingerprint density at radius 2 is 2.38 bits per heavy atom. The Morgan fingerprint density at radius 3 is 2.85 bits per heavy atom. The Hall–Kier alpha value is -0.280. The third-order valence-electron chi connectivity index (χ3n) is 2.49. The molecular weight excluding hydrogens is 204 g/mol. The lowest BCUT2D eigenvalue weighted by molar-refractivity contribution is 0.625. The Labute approximate surface area is 87.5 Å². The van der Waals surface area contributed by atoms with Crippen LogP contribution in [0.2, 0.25) is 4.34 Å². The highest BCUT2D eigenvalue weighted by molar-refractivity contribution is 7.19. The van der Waals surface area contributed by atoms with E-state index >= 15 is 0 Å². The maximum Gasteiger partial charge on any atom is 0.186 e. The predicted octanol–water partition coefficient (Wildman–Crippen LogP) is 3.03. The molecule has 0 radical (unpaired) electrons. The minimum Gasteiger partial charge on any atom is -0.345 e. The first-order chi connectivity index (χ1) is 6.16. The van der Waals surface area contributed by atoms with E-state index in [4.69, 9.17) is 11.6 Å². The number of hydrogen-bond donors (Lipinski definition) is 0. The molecule has 0 amide bonds. The van der Waals surface area contributed by atoms with E-state index < -0.39 is 0 Å². The van der Waals surface area contributed by atoms with Crippen LogP contribution in [0.25, 0.3) is 0 Å². The molecule has 4 heteroatoms. The van der Waals surface area contributed by atoms with Gasteiger partial charge in [-0.05, 0) is 19.3 Å². The van der Waals surface area contributed by atoms with Gasteiger partial charge in [0.25, 0.3) is 0 Å². The second-order valence-corrected chi connectivity index (χ2v) is 5.43. The molecule has 0 spiro atoms. The van der Waals surface area contributed by atoms with Crippen LogP contribution in [0.15, 0.2) is 6.20 Å². The first-order valence-electron chi connectivity index (χ1n) is 4.55. The molecule has 2 rings (SSSR count). The molecular formula is C9H13ClN2S. The summed E-state index contributed by atoms with van der Waals surface area (Å²) in [4.78, 5) is 6.64. The molecule has 1 fully saturated rings. The van der Waals surface area contributed by atoms with Gasteiger partial charge in [0.2, 0.25) is 0 Å². The molecule has 0 N–H and O–H groups in total. The van der Waals surface area contributed by atoms with Crippen LogP contribution < -0.4 is 4.90 Å². The fraction of sp³-hybridized carbons (Fsp3) is 0.667. The normalized spacial score (nSPS) is 28.4. The van der Waals surface area contributed by atoms with Crippen LogP contribution in [0.3, 0.4) is 0 Å². The molecule has 0 bridgehead atoms. The topological polar surface area (TPSA) is 16.1 Å². The molecule has 13 heavy (non-hydrogen) atoms. The predicted molar refractivity (Wildman–Crippen MR) is 57.7 cm³/mol. The van der Waals surface area contributed by atoms with Gasteiger partial charge in [0.1, 0.15) is 4.34 Å². The van der Waals surface area contributed by atoms with Crippen LogP contribution in [0.5, 0.6) is 0 Å². The molecule has 1 aliphatic heterocycles. The zero-order valence-electron chi connectivity index (χ0n) is 7.83. The van der Waals surface area contributed by atoms with Gasteiger partial charge in [0.15, 0.2) is 5.13 Å². The lowest BCUT2D eigenvalue weighted by atomic mass is 10.1. The van der Waals surface area contributed by atoms with Crippen molar-refractivity contribution >= 4 is 28.1 Å². The van der Waals surface area contributed by atoms with Gasteiger partial charge in [0, 0.05) is 12.6 Å². The monoisotopic (exact) mass is 216 g/mol. The molecule has 2 atom stereocenters. The van der Waals surface area contributed by atoms with Gasteiger partial charge in [-0.25, -0.2) is 4.98 Å². The van der Waals surface area contributed by atoms with Crippen LogP contribution in [0, 0.1) is 5.92 Å². The Morgan fingerprint density at radius 1 is 1.62 bits per heavy atom. The molecule has 0 aromatic carbocycles. The van der Waals surface area contributed by atoms with Crippen LogP contribution in [0.1, 0.15) is 20.3 Å². The number of rotatable bonds is 1. The van der Waals surface area contributed by atoms with Gasteiger partial charge in [-0.2, -0.15) is 0 Å². The van der Waals surface area contributed by atoms with Crippen LogP contribution in [-0.2, 0) is 0 Å². The largest absolute Gasteiger partial charge is 0.345 e. The molecule has 2 unspecified atom stereocenters. The summed E-state index contributed by atoms with van der Waals surface area (Å²) in [6.45, 7) is 5.65. The summed E-state index contributed by atoms with van der Waals surface area (Å²) in [5, 5.41) is 1.07. The fourth-order valence-electron chi connectivity index (χ4n) is 1.95. The SMILES string of the molecule is CC1CC(C)N(c2ncc(Cl)s2)C1. The molecule has 1 saturated heterocycles. The zero-order valence-corrected chi connectivity index (χ0v) is 9.40. The van der Waals surface area contributed by atoms with Gasteiger partial charge in [-0.3, -0.25) is 0 Å². The van der Waals surface area contributed by atoms with Crippen LogP contribution in [0.4, 0.5) is 5.13 Å². The van der Waals surface area contributed by atoms with Gasteiger partial charge in [-0.15, -0.1) is 0 Å². The standard InChI is InChI=1S/C9H13ClN2S/c1-6-3-7(2)12(5-6)9-11-4-8(10)13-9/h4,6-7H,3,5H2,1-2H3. The summed E-state index contributed by atoms with van der Waals surface area (Å²) >= 11 is 7.42. The number of aromatic nitrogens is 1. The number of nitrogens with zero attached hydrogens (tertiary/aromatic N) is 2. The van der Waals surface area contributed by atoms with Crippen LogP contribution >= 0.6 is 22.9 Å². The quantitative estimate of drug-likeness (QED) is 0.718. The van der Waals surface area contributed by atoms with E-state index in [-0.39, 0.29) is 0 Å². The molecule has 2 nitrogen and oxygen atoms in total. The zero-order chi connectivity index (χ0) is 9.42. The Bertz CT molecular complexity index is 300. The van der Waals surface area contributed by atoms with Gasteiger partial charge in [-0.1, -0.05) is 29.9 Å². The van der Waals surface area contributed by atoms with Crippen molar-refractivity contribution in [1.82, 2.24) is 4.98 Å². The van der Waals surface area contributed by atoms with E-state index in [1.165, 1.54) is 6.42 Å². The van der Waals surface area contributed by atoms with Crippen molar-refractivity contribution in [1.29, 1.82) is 0 Å². The van der Waals surface area contributed by atoms with E-state index in [0.717, 1.165) is 21.9 Å². The van der Waals surface area contributed by atoms with Crippen molar-refractivity contribution in [3.63, 3.8) is 0 Å². The highest BCUT2D eigenvalue weighted by atomic mass is 35.5. The van der Waals surface area contributed by atoms with Crippen molar-refractivity contribution in [3.8, 4) is 0 Å². The van der Waals surface area contributed by atoms with Gasteiger partial charge >= 0.3 is 0 Å². The second-order valence-electron chi connectivity index (χ2n) is 3.79. The number of halogens is 1. The average Bonchev–Trinajstić information content (AvgIpc) is 2.58. The number of hydrogen-bond acceptors (Lipinski definition) is 3. The lowest BCUT2D eigenvalue weighted by Gasteiger charge is -2.19. The first kappa shape index (κ1) is 9.28. The van der Waals surface area contributed by atoms with Crippen molar-refractivity contribution in [2.24, 2.45) is 5.92 Å². The fourth-order valence-corrected chi connectivity index (χ4v) is 2.96. The number of anilines is 1. The first-order valence-corrected chi connectivity index (χ1v) is 5.74. The lowest BCUT2D eigenvalue weighted by Crippen LogP contribution is -2.26. The number of thiazole rings is 1. The molecule has 1 aliphatic rings. The summed E-state index contributed by atoms with van der Waals surface area (Å²) in [5.41, 5.74) is 0. The van der Waals surface area contributed by atoms with Crippen molar-refractivity contribution in [2.75, 3.05) is 11.4 Å². The summed E-state index contributed by atoms with van der Waals surface area (Å²) < 4.78 is 0.779. The second kappa shape index (κ2) is 3.46. The molecule has 2 heterocycles. The molecule has 1 aromatic rings. The van der Waals surface area contributed by atoms with Crippen molar-refractivity contribution in [3.05, 3.63) is 10.5 Å². The average molecular weight is 217 g/mol. The third kappa shape index (κ3) is 1.81. The third-order valence-corrected chi connectivity index (χ3v) is 3.65. The van der Waals surface area contributed by atoms with E-state index in [9.17, 15) is 0 Å². The molecule has 72 valence electrons. The van der Waals surface area contributed by atoms with Crippen LogP contribution in [-0.4, -0.2) is 17.6 Å². The minimum absolute atomic E-state index is 0.609. The van der Waals surface area contributed by atoms with E-state index in [0.29, 0.717) is 6.04 Å². The summed E-state index contributed by atoms with van der Waals surface area (Å²) in [7, 11) is 0. The van der Waals surface area contributed by atoms with Gasteiger partial charge < -0.3 is 4.90 Å². The maximum absolute atomic E-state index is 5.85. The Kier molecular flexibility index (Phi) is 2.47. The Balaban J connectivity index is 2.17. The van der Waals surface area contributed by atoms with E-state index in [2.05, 4.69) is 23.7 Å². The highest BCUT2D eigenvalue weighted by Gasteiger charge is 2.27.